The quantitative estimate of drug-likeness (QED) is 0.364. The van der Waals surface area contributed by atoms with Crippen LogP contribution in [0.1, 0.15) is 12.5 Å². The van der Waals surface area contributed by atoms with Gasteiger partial charge in [-0.05, 0) is 0 Å². The van der Waals surface area contributed by atoms with E-state index in [2.05, 4.69) is 55.1 Å². The van der Waals surface area contributed by atoms with Crippen LogP contribution in [-0.2, 0) is 0 Å². The smallest absolute Gasteiger partial charge is 0.335 e. The molecule has 0 saturated heterocycles. The van der Waals surface area contributed by atoms with Gasteiger partial charge in [-0.2, -0.15) is 0 Å². The number of urea groups is 1. The number of carbonyl (C=O) groups is 1. The number of thiophene rings is 1. The van der Waals surface area contributed by atoms with Crippen LogP contribution < -0.4 is 11.2 Å². The van der Waals surface area contributed by atoms with E-state index < -0.39 is 6.03 Å². The van der Waals surface area contributed by atoms with Crippen LogP contribution in [0.25, 0.3) is 20.2 Å². The van der Waals surface area contributed by atoms with Crippen molar-refractivity contribution in [2.75, 3.05) is 0 Å². The number of amides is 2. The summed E-state index contributed by atoms with van der Waals surface area (Å²) in [4.78, 5) is 9.23. The van der Waals surface area contributed by atoms with Crippen molar-refractivity contribution in [1.82, 2.24) is 5.48 Å². The van der Waals surface area contributed by atoms with Gasteiger partial charge >= 0.3 is 141 Å². The first-order valence-corrected chi connectivity index (χ1v) is 9.25. The van der Waals surface area contributed by atoms with Crippen LogP contribution in [0.15, 0.2) is 42.5 Å². The second kappa shape index (κ2) is 7.69. The third-order valence-corrected chi connectivity index (χ3v) is 5.35. The SMILES string of the molecule is C[CH]([K])c1ccc2c(c1)sc1ccccc12.NC(=O)NO. The van der Waals surface area contributed by atoms with E-state index in [1.54, 1.807) is 0 Å². The Morgan fingerprint density at radius 3 is 2.48 bits per heavy atom. The summed E-state index contributed by atoms with van der Waals surface area (Å²) < 4.78 is 3.64. The molecule has 3 aromatic rings. The molecule has 1 heterocycles. The van der Waals surface area contributed by atoms with E-state index in [0.29, 0.717) is 0 Å². The average molecular weight is 326 g/mol. The van der Waals surface area contributed by atoms with E-state index >= 15 is 0 Å². The maximum absolute atomic E-state index is 9.23. The Balaban J connectivity index is 0.000000282. The molecule has 0 saturated carbocycles. The molecule has 0 aliphatic heterocycles. The van der Waals surface area contributed by atoms with Gasteiger partial charge in [0, 0.05) is 0 Å². The van der Waals surface area contributed by atoms with Crippen molar-refractivity contribution in [1.29, 1.82) is 0 Å². The Labute approximate surface area is 160 Å². The first kappa shape index (κ1) is 16.9. The van der Waals surface area contributed by atoms with Gasteiger partial charge in [0.15, 0.2) is 0 Å². The summed E-state index contributed by atoms with van der Waals surface area (Å²) in [6, 6.07) is 14.7. The van der Waals surface area contributed by atoms with E-state index in [0.717, 1.165) is 49.0 Å². The molecule has 4 N–H and O–H groups in total. The van der Waals surface area contributed by atoms with Crippen LogP contribution >= 0.6 is 11.3 Å². The van der Waals surface area contributed by atoms with Crippen LogP contribution in [0.2, 0.25) is 0 Å². The number of hydroxylamine groups is 1. The minimum absolute atomic E-state index is 0.794. The van der Waals surface area contributed by atoms with Crippen molar-refractivity contribution in [3.8, 4) is 0 Å². The summed E-state index contributed by atoms with van der Waals surface area (Å²) in [5.74, 6) is 0. The maximum atomic E-state index is 9.23. The first-order chi connectivity index (χ1) is 10.0. The van der Waals surface area contributed by atoms with Crippen LogP contribution in [0, 0.1) is 0 Å². The molecule has 4 nitrogen and oxygen atoms in total. The maximum Gasteiger partial charge on any atom is 0.335 e. The van der Waals surface area contributed by atoms with Gasteiger partial charge in [0.1, 0.15) is 0 Å². The summed E-state index contributed by atoms with van der Waals surface area (Å²) in [5.41, 5.74) is 6.97. The van der Waals surface area contributed by atoms with Crippen LogP contribution in [-0.4, -0.2) is 60.2 Å². The molecule has 0 fully saturated rings. The van der Waals surface area contributed by atoms with Crippen LogP contribution in [0.5, 0.6) is 0 Å². The molecule has 0 spiro atoms. The third kappa shape index (κ3) is 4.26. The Hall–Kier alpha value is -0.474. The minimum Gasteiger partial charge on any atom is -0.350 e. The van der Waals surface area contributed by atoms with Crippen LogP contribution in [0.3, 0.4) is 0 Å². The van der Waals surface area contributed by atoms with Gasteiger partial charge in [0.2, 0.25) is 0 Å². The summed E-state index contributed by atoms with van der Waals surface area (Å²) >= 11 is 2.79. The molecule has 2 amide bonds. The number of nitrogens with one attached hydrogen (secondary N) is 1. The molecular weight excluding hydrogens is 311 g/mol. The van der Waals surface area contributed by atoms with Crippen molar-refractivity contribution in [2.24, 2.45) is 5.73 Å². The zero-order valence-electron chi connectivity index (χ0n) is 12.0. The van der Waals surface area contributed by atoms with Gasteiger partial charge in [-0.25, -0.2) is 10.3 Å². The summed E-state index contributed by atoms with van der Waals surface area (Å²) in [5, 5.41) is 10.2. The predicted molar refractivity (Wildman–Crippen MR) is 88.0 cm³/mol. The summed E-state index contributed by atoms with van der Waals surface area (Å²) in [6.07, 6.45) is 0. The van der Waals surface area contributed by atoms with Crippen molar-refractivity contribution in [3.05, 3.63) is 48.0 Å². The van der Waals surface area contributed by atoms with Gasteiger partial charge < -0.3 is 5.73 Å². The second-order valence-corrected chi connectivity index (χ2v) is 8.77. The Morgan fingerprint density at radius 1 is 1.24 bits per heavy atom. The van der Waals surface area contributed by atoms with E-state index in [1.165, 1.54) is 31.2 Å². The van der Waals surface area contributed by atoms with Crippen molar-refractivity contribution >= 4 is 86.5 Å². The molecule has 1 atom stereocenters. The molecule has 21 heavy (non-hydrogen) atoms. The molecule has 0 radical (unpaired) electrons. The van der Waals surface area contributed by atoms with Gasteiger partial charge in [0.25, 0.3) is 0 Å². The van der Waals surface area contributed by atoms with Gasteiger partial charge in [0.05, 0.1) is 0 Å². The fourth-order valence-electron chi connectivity index (χ4n) is 2.10. The van der Waals surface area contributed by atoms with E-state index in [-0.39, 0.29) is 0 Å². The minimum atomic E-state index is -0.940. The molecule has 2 aromatic carbocycles. The van der Waals surface area contributed by atoms with E-state index in [4.69, 9.17) is 5.21 Å². The van der Waals surface area contributed by atoms with Gasteiger partial charge in [-0.3, -0.25) is 5.21 Å². The standard InChI is InChI=1S/C14H11S.CH4N2O2.K/c1-2-10-7-8-12-11-5-3-4-6-13(11)15-14(12)9-10;2-1(4)3-5;/h2-9H,1H3;5H,(H3,2,3,4);. The number of carbonyl (C=O) groups excluding carboxylic acids is 1. The number of primary amides is 1. The topological polar surface area (TPSA) is 75.4 Å². The normalized spacial score (nSPS) is 11.8. The molecular formula is C15H15KN2O2S. The number of hydrogen-bond acceptors (Lipinski definition) is 3. The zero-order valence-corrected chi connectivity index (χ0v) is 15.9. The summed E-state index contributed by atoms with van der Waals surface area (Å²) in [7, 11) is 0. The zero-order chi connectivity index (χ0) is 15.4. The fourth-order valence-corrected chi connectivity index (χ4v) is 3.82. The second-order valence-electron chi connectivity index (χ2n) is 4.98. The van der Waals surface area contributed by atoms with Crippen LogP contribution in [0.4, 0.5) is 4.79 Å². The first-order valence-electron chi connectivity index (χ1n) is 6.63. The van der Waals surface area contributed by atoms with Gasteiger partial charge in [-0.1, -0.05) is 0 Å². The van der Waals surface area contributed by atoms with Crippen molar-refractivity contribution in [3.63, 3.8) is 0 Å². The molecule has 0 aliphatic rings. The number of hydrogen-bond donors (Lipinski definition) is 3. The largest absolute Gasteiger partial charge is 0.350 e. The predicted octanol–water partition coefficient (Wildman–Crippen LogP) is 3.33. The molecule has 6 heteroatoms. The fraction of sp³-hybridized carbons (Fsp3) is 0.133. The number of nitrogens with two attached hydrogens (primary N) is 1. The Morgan fingerprint density at radius 2 is 1.86 bits per heavy atom. The number of benzene rings is 2. The molecule has 3 rings (SSSR count). The molecule has 0 bridgehead atoms. The number of rotatable bonds is 1. The van der Waals surface area contributed by atoms with E-state index in [1.807, 2.05) is 11.3 Å². The van der Waals surface area contributed by atoms with E-state index in [9.17, 15) is 4.79 Å². The molecule has 0 aliphatic carbocycles. The summed E-state index contributed by atoms with van der Waals surface area (Å²) in [6.45, 7) is 2.33. The average Bonchev–Trinajstić information content (AvgIpc) is 2.85. The number of fused-ring (bicyclic) bond motifs is 3. The van der Waals surface area contributed by atoms with Crippen molar-refractivity contribution < 1.29 is 10.0 Å². The molecule has 1 aromatic heterocycles. The monoisotopic (exact) mass is 326 g/mol. The van der Waals surface area contributed by atoms with Gasteiger partial charge in [-0.15, -0.1) is 0 Å². The Kier molecular flexibility index (Phi) is 6.18. The molecule has 104 valence electrons. The third-order valence-electron chi connectivity index (χ3n) is 3.18. The van der Waals surface area contributed by atoms with Crippen molar-refractivity contribution in [2.45, 2.75) is 6.94 Å². The Bertz CT molecular complexity index is 771. The molecule has 1 unspecified atom stereocenters.